The highest BCUT2D eigenvalue weighted by molar-refractivity contribution is 6.42. The maximum atomic E-state index is 12.0. The highest BCUT2D eigenvalue weighted by atomic mass is 35.5. The van der Waals surface area contributed by atoms with Gasteiger partial charge in [-0.2, -0.15) is 5.10 Å². The maximum Gasteiger partial charge on any atom is 0.275 e. The minimum absolute atomic E-state index is 0.0265. The second kappa shape index (κ2) is 8.50. The van der Waals surface area contributed by atoms with Crippen molar-refractivity contribution in [3.05, 3.63) is 58.1 Å². The van der Waals surface area contributed by atoms with E-state index in [1.807, 2.05) is 0 Å². The lowest BCUT2D eigenvalue weighted by Gasteiger charge is -2.07. The number of carbonyl (C=O) groups excluding carboxylic acids is 2. The van der Waals surface area contributed by atoms with Gasteiger partial charge in [-0.1, -0.05) is 35.3 Å². The zero-order chi connectivity index (χ0) is 18.4. The van der Waals surface area contributed by atoms with E-state index in [1.54, 1.807) is 31.2 Å². The molecule has 0 aliphatic rings. The van der Waals surface area contributed by atoms with Crippen molar-refractivity contribution < 1.29 is 14.7 Å². The molecule has 130 valence electrons. The summed E-state index contributed by atoms with van der Waals surface area (Å²) in [6, 6.07) is 10.8. The van der Waals surface area contributed by atoms with Crippen LogP contribution in [0.15, 0.2) is 47.6 Å². The van der Waals surface area contributed by atoms with Crippen LogP contribution in [0.2, 0.25) is 10.0 Å². The molecule has 0 aliphatic heterocycles. The zero-order valence-corrected chi connectivity index (χ0v) is 14.7. The van der Waals surface area contributed by atoms with E-state index in [-0.39, 0.29) is 23.6 Å². The second-order valence-electron chi connectivity index (χ2n) is 5.16. The van der Waals surface area contributed by atoms with Crippen LogP contribution in [0.1, 0.15) is 23.7 Å². The topological polar surface area (TPSA) is 90.8 Å². The van der Waals surface area contributed by atoms with Crippen molar-refractivity contribution in [3.63, 3.8) is 0 Å². The number of phenols is 1. The van der Waals surface area contributed by atoms with Crippen molar-refractivity contribution in [1.82, 2.24) is 5.43 Å². The standard InChI is InChI=1S/C17H15Cl2N3O3/c1-10(21-22-17(25)12-4-2-3-5-15(12)23)8-16(24)20-11-6-7-13(18)14(19)9-11/h2-7,9,23H,8H2,1H3,(H,20,24)(H,22,25)/b21-10+. The summed E-state index contributed by atoms with van der Waals surface area (Å²) in [7, 11) is 0. The van der Waals surface area contributed by atoms with E-state index >= 15 is 0 Å². The summed E-state index contributed by atoms with van der Waals surface area (Å²) < 4.78 is 0. The maximum absolute atomic E-state index is 12.0. The molecule has 0 aromatic heterocycles. The molecule has 0 unspecified atom stereocenters. The molecule has 0 heterocycles. The van der Waals surface area contributed by atoms with Gasteiger partial charge in [-0.05, 0) is 37.3 Å². The summed E-state index contributed by atoms with van der Waals surface area (Å²) in [5, 5.41) is 16.8. The number of amides is 2. The van der Waals surface area contributed by atoms with Gasteiger partial charge in [0.25, 0.3) is 5.91 Å². The van der Waals surface area contributed by atoms with Crippen LogP contribution in [-0.4, -0.2) is 22.6 Å². The summed E-state index contributed by atoms with van der Waals surface area (Å²) in [5.74, 6) is -1.04. The number of halogens is 2. The van der Waals surface area contributed by atoms with E-state index in [0.717, 1.165) is 0 Å². The Hall–Kier alpha value is -2.57. The number of hydrazone groups is 1. The number of phenolic OH excluding ortho intramolecular Hbond substituents is 1. The van der Waals surface area contributed by atoms with Gasteiger partial charge in [-0.3, -0.25) is 9.59 Å². The molecule has 0 aliphatic carbocycles. The Labute approximate surface area is 154 Å². The molecule has 25 heavy (non-hydrogen) atoms. The number of nitrogens with zero attached hydrogens (tertiary/aromatic N) is 1. The molecule has 0 radical (unpaired) electrons. The molecule has 0 saturated heterocycles. The van der Waals surface area contributed by atoms with Crippen LogP contribution >= 0.6 is 23.2 Å². The van der Waals surface area contributed by atoms with Gasteiger partial charge in [-0.25, -0.2) is 5.43 Å². The van der Waals surface area contributed by atoms with Crippen LogP contribution in [0, 0.1) is 0 Å². The first kappa shape index (κ1) is 18.8. The predicted octanol–water partition coefficient (Wildman–Crippen LogP) is 3.83. The average molecular weight is 380 g/mol. The number of benzene rings is 2. The summed E-state index contributed by atoms with van der Waals surface area (Å²) in [5.41, 5.74) is 3.29. The van der Waals surface area contributed by atoms with Crippen LogP contribution in [0.5, 0.6) is 5.75 Å². The number of rotatable bonds is 5. The van der Waals surface area contributed by atoms with Crippen LogP contribution in [0.4, 0.5) is 5.69 Å². The third-order valence-electron chi connectivity index (χ3n) is 3.12. The number of aromatic hydroxyl groups is 1. The molecule has 0 bridgehead atoms. The smallest absolute Gasteiger partial charge is 0.275 e. The predicted molar refractivity (Wildman–Crippen MR) is 98.4 cm³/mol. The molecule has 2 aromatic carbocycles. The Bertz CT molecular complexity index is 838. The largest absolute Gasteiger partial charge is 0.507 e. The van der Waals surface area contributed by atoms with Gasteiger partial charge < -0.3 is 10.4 Å². The summed E-state index contributed by atoms with van der Waals surface area (Å²) in [6.07, 6.45) is -0.0265. The zero-order valence-electron chi connectivity index (χ0n) is 13.2. The fourth-order valence-corrected chi connectivity index (χ4v) is 2.22. The molecular weight excluding hydrogens is 365 g/mol. The minimum atomic E-state index is -0.567. The highest BCUT2D eigenvalue weighted by Crippen LogP contribution is 2.25. The van der Waals surface area contributed by atoms with Gasteiger partial charge in [0.2, 0.25) is 5.91 Å². The van der Waals surface area contributed by atoms with Gasteiger partial charge in [0.05, 0.1) is 22.0 Å². The molecule has 3 N–H and O–H groups in total. The van der Waals surface area contributed by atoms with Crippen molar-refractivity contribution in [2.45, 2.75) is 13.3 Å². The fraction of sp³-hybridized carbons (Fsp3) is 0.118. The van der Waals surface area contributed by atoms with E-state index in [1.165, 1.54) is 18.2 Å². The number of anilines is 1. The molecule has 0 spiro atoms. The fourth-order valence-electron chi connectivity index (χ4n) is 1.92. The number of para-hydroxylation sites is 1. The first-order valence-corrected chi connectivity index (χ1v) is 7.99. The average Bonchev–Trinajstić information content (AvgIpc) is 2.56. The molecule has 0 atom stereocenters. The normalized spacial score (nSPS) is 11.1. The molecule has 2 amide bonds. The third kappa shape index (κ3) is 5.48. The molecule has 6 nitrogen and oxygen atoms in total. The minimum Gasteiger partial charge on any atom is -0.507 e. The number of hydrogen-bond acceptors (Lipinski definition) is 4. The SMILES string of the molecule is C/C(CC(=O)Nc1ccc(Cl)c(Cl)c1)=N\NC(=O)c1ccccc1O. The molecular formula is C17H15Cl2N3O3. The summed E-state index contributed by atoms with van der Waals surface area (Å²) >= 11 is 11.7. The van der Waals surface area contributed by atoms with Crippen molar-refractivity contribution in [3.8, 4) is 5.75 Å². The Balaban J connectivity index is 1.92. The third-order valence-corrected chi connectivity index (χ3v) is 3.86. The molecule has 2 rings (SSSR count). The van der Waals surface area contributed by atoms with Crippen molar-refractivity contribution in [2.75, 3.05) is 5.32 Å². The molecule has 0 saturated carbocycles. The van der Waals surface area contributed by atoms with E-state index in [4.69, 9.17) is 23.2 Å². The molecule has 0 fully saturated rings. The summed E-state index contributed by atoms with van der Waals surface area (Å²) in [4.78, 5) is 23.9. The van der Waals surface area contributed by atoms with Crippen LogP contribution < -0.4 is 10.7 Å². The second-order valence-corrected chi connectivity index (χ2v) is 5.97. The van der Waals surface area contributed by atoms with Crippen molar-refractivity contribution in [1.29, 1.82) is 0 Å². The van der Waals surface area contributed by atoms with Gasteiger partial charge in [0, 0.05) is 11.4 Å². The van der Waals surface area contributed by atoms with Crippen molar-refractivity contribution in [2.24, 2.45) is 5.10 Å². The number of carbonyl (C=O) groups is 2. The highest BCUT2D eigenvalue weighted by Gasteiger charge is 2.10. The van der Waals surface area contributed by atoms with Crippen LogP contribution in [0.3, 0.4) is 0 Å². The van der Waals surface area contributed by atoms with E-state index in [2.05, 4.69) is 15.8 Å². The van der Waals surface area contributed by atoms with E-state index in [9.17, 15) is 14.7 Å². The lowest BCUT2D eigenvalue weighted by Crippen LogP contribution is -2.21. The molecule has 2 aromatic rings. The molecule has 8 heteroatoms. The lowest BCUT2D eigenvalue weighted by molar-refractivity contribution is -0.115. The monoisotopic (exact) mass is 379 g/mol. The van der Waals surface area contributed by atoms with E-state index < -0.39 is 5.91 Å². The van der Waals surface area contributed by atoms with Crippen LogP contribution in [0.25, 0.3) is 0 Å². The van der Waals surface area contributed by atoms with Gasteiger partial charge in [0.1, 0.15) is 5.75 Å². The van der Waals surface area contributed by atoms with Crippen molar-refractivity contribution >= 4 is 46.4 Å². The van der Waals surface area contributed by atoms with E-state index in [0.29, 0.717) is 21.4 Å². The summed E-state index contributed by atoms with van der Waals surface area (Å²) in [6.45, 7) is 1.60. The first-order chi connectivity index (χ1) is 11.9. The Morgan fingerprint density at radius 2 is 1.84 bits per heavy atom. The quantitative estimate of drug-likeness (QED) is 0.544. The lowest BCUT2D eigenvalue weighted by atomic mass is 10.2. The van der Waals surface area contributed by atoms with Gasteiger partial charge in [-0.15, -0.1) is 0 Å². The number of nitrogens with one attached hydrogen (secondary N) is 2. The number of hydrogen-bond donors (Lipinski definition) is 3. The Kier molecular flexibility index (Phi) is 6.38. The van der Waals surface area contributed by atoms with Crippen LogP contribution in [-0.2, 0) is 4.79 Å². The Morgan fingerprint density at radius 1 is 1.12 bits per heavy atom. The van der Waals surface area contributed by atoms with Gasteiger partial charge in [0.15, 0.2) is 0 Å². The Morgan fingerprint density at radius 3 is 2.52 bits per heavy atom. The van der Waals surface area contributed by atoms with Gasteiger partial charge >= 0.3 is 0 Å². The first-order valence-electron chi connectivity index (χ1n) is 7.23.